The standard InChI is InChI=1S/C25H19ClN2O6S/c1-13-3-5-16(9-14(13)2)27-22(29)12-28-23(30)21(35-25(28)33)11-17-6-8-20(34-17)18-10-15(24(31)32)4-7-19(18)26/h3-11H,12H2,1-2H3,(H,27,29)(H,31,32)/b21-11+. The number of benzene rings is 2. The predicted octanol–water partition coefficient (Wildman–Crippen LogP) is 5.59. The van der Waals surface area contributed by atoms with Gasteiger partial charge in [-0.05, 0) is 79.2 Å². The number of carboxylic acids is 1. The van der Waals surface area contributed by atoms with Crippen molar-refractivity contribution in [1.82, 2.24) is 4.90 Å². The minimum absolute atomic E-state index is 0.0440. The van der Waals surface area contributed by atoms with Gasteiger partial charge in [0, 0.05) is 17.3 Å². The lowest BCUT2D eigenvalue weighted by atomic mass is 10.1. The molecule has 1 aromatic heterocycles. The number of carbonyl (C=O) groups is 4. The average Bonchev–Trinajstić information content (AvgIpc) is 3.36. The molecule has 0 radical (unpaired) electrons. The lowest BCUT2D eigenvalue weighted by molar-refractivity contribution is -0.127. The largest absolute Gasteiger partial charge is 0.478 e. The first-order valence-electron chi connectivity index (χ1n) is 10.4. The number of rotatable bonds is 6. The van der Waals surface area contributed by atoms with Crippen LogP contribution in [0.1, 0.15) is 27.2 Å². The Kier molecular flexibility index (Phi) is 6.81. The first kappa shape index (κ1) is 24.3. The maximum Gasteiger partial charge on any atom is 0.335 e. The fraction of sp³-hybridized carbons (Fsp3) is 0.120. The zero-order valence-corrected chi connectivity index (χ0v) is 20.2. The maximum atomic E-state index is 12.8. The number of anilines is 1. The van der Waals surface area contributed by atoms with Crippen LogP contribution in [0.4, 0.5) is 10.5 Å². The molecule has 1 aliphatic heterocycles. The zero-order valence-electron chi connectivity index (χ0n) is 18.6. The van der Waals surface area contributed by atoms with Crippen molar-refractivity contribution in [1.29, 1.82) is 0 Å². The molecule has 3 aromatic rings. The van der Waals surface area contributed by atoms with Crippen molar-refractivity contribution >= 4 is 58.1 Å². The molecule has 0 spiro atoms. The van der Waals surface area contributed by atoms with Crippen LogP contribution < -0.4 is 5.32 Å². The molecule has 1 fully saturated rings. The van der Waals surface area contributed by atoms with Gasteiger partial charge in [0.2, 0.25) is 5.91 Å². The van der Waals surface area contributed by atoms with E-state index in [4.69, 9.17) is 16.0 Å². The number of aromatic carboxylic acids is 1. The average molecular weight is 511 g/mol. The second kappa shape index (κ2) is 9.81. The van der Waals surface area contributed by atoms with Crippen molar-refractivity contribution in [2.45, 2.75) is 13.8 Å². The molecule has 10 heteroatoms. The van der Waals surface area contributed by atoms with E-state index in [2.05, 4.69) is 5.32 Å². The quantitative estimate of drug-likeness (QED) is 0.415. The molecule has 2 heterocycles. The van der Waals surface area contributed by atoms with Crippen molar-refractivity contribution in [3.8, 4) is 11.3 Å². The number of nitrogens with one attached hydrogen (secondary N) is 1. The number of aryl methyl sites for hydroxylation is 2. The highest BCUT2D eigenvalue weighted by atomic mass is 35.5. The van der Waals surface area contributed by atoms with Gasteiger partial charge in [-0.15, -0.1) is 0 Å². The van der Waals surface area contributed by atoms with Crippen LogP contribution in [0, 0.1) is 13.8 Å². The van der Waals surface area contributed by atoms with Gasteiger partial charge in [0.05, 0.1) is 15.5 Å². The molecule has 0 aliphatic carbocycles. The first-order chi connectivity index (χ1) is 16.6. The van der Waals surface area contributed by atoms with Crippen molar-refractivity contribution in [3.63, 3.8) is 0 Å². The molecule has 0 bridgehead atoms. The minimum atomic E-state index is -1.11. The highest BCUT2D eigenvalue weighted by Gasteiger charge is 2.36. The number of hydrogen-bond acceptors (Lipinski definition) is 6. The fourth-order valence-electron chi connectivity index (χ4n) is 3.35. The summed E-state index contributed by atoms with van der Waals surface area (Å²) in [6, 6.07) is 12.8. The van der Waals surface area contributed by atoms with Crippen LogP contribution in [0.3, 0.4) is 0 Å². The van der Waals surface area contributed by atoms with E-state index >= 15 is 0 Å². The molecule has 2 aromatic carbocycles. The van der Waals surface area contributed by atoms with Gasteiger partial charge in [0.1, 0.15) is 18.1 Å². The molecule has 0 saturated carbocycles. The van der Waals surface area contributed by atoms with E-state index in [0.717, 1.165) is 16.0 Å². The van der Waals surface area contributed by atoms with E-state index in [1.54, 1.807) is 18.2 Å². The second-order valence-corrected chi connectivity index (χ2v) is 9.22. The molecule has 4 rings (SSSR count). The van der Waals surface area contributed by atoms with Crippen LogP contribution in [0.2, 0.25) is 5.02 Å². The Morgan fingerprint density at radius 3 is 2.57 bits per heavy atom. The van der Waals surface area contributed by atoms with E-state index in [1.165, 1.54) is 24.3 Å². The second-order valence-electron chi connectivity index (χ2n) is 7.82. The van der Waals surface area contributed by atoms with Crippen LogP contribution in [0.5, 0.6) is 0 Å². The van der Waals surface area contributed by atoms with Crippen LogP contribution in [-0.2, 0) is 9.59 Å². The van der Waals surface area contributed by atoms with E-state index in [0.29, 0.717) is 33.8 Å². The number of nitrogens with zero attached hydrogens (tertiary/aromatic N) is 1. The Labute approximate surface area is 209 Å². The predicted molar refractivity (Wildman–Crippen MR) is 133 cm³/mol. The molecule has 8 nitrogen and oxygen atoms in total. The molecule has 1 saturated heterocycles. The smallest absolute Gasteiger partial charge is 0.335 e. The first-order valence-corrected chi connectivity index (χ1v) is 11.6. The van der Waals surface area contributed by atoms with Gasteiger partial charge in [-0.2, -0.15) is 0 Å². The monoisotopic (exact) mass is 510 g/mol. The molecule has 2 N–H and O–H groups in total. The van der Waals surface area contributed by atoms with Gasteiger partial charge in [0.15, 0.2) is 0 Å². The minimum Gasteiger partial charge on any atom is -0.478 e. The van der Waals surface area contributed by atoms with Crippen molar-refractivity contribution in [2.24, 2.45) is 0 Å². The molecular weight excluding hydrogens is 492 g/mol. The van der Waals surface area contributed by atoms with Crippen molar-refractivity contribution < 1.29 is 28.7 Å². The highest BCUT2D eigenvalue weighted by Crippen LogP contribution is 2.35. The number of carbonyl (C=O) groups excluding carboxylic acids is 3. The summed E-state index contributed by atoms with van der Waals surface area (Å²) >= 11 is 6.88. The van der Waals surface area contributed by atoms with Gasteiger partial charge in [-0.25, -0.2) is 4.79 Å². The molecule has 0 atom stereocenters. The van der Waals surface area contributed by atoms with Crippen LogP contribution in [-0.4, -0.2) is 39.6 Å². The third-order valence-corrected chi connectivity index (χ3v) is 6.58. The van der Waals surface area contributed by atoms with Gasteiger partial charge in [-0.3, -0.25) is 19.3 Å². The maximum absolute atomic E-state index is 12.8. The van der Waals surface area contributed by atoms with Gasteiger partial charge < -0.3 is 14.8 Å². The van der Waals surface area contributed by atoms with E-state index < -0.39 is 29.6 Å². The third-order valence-electron chi connectivity index (χ3n) is 5.34. The lowest BCUT2D eigenvalue weighted by Crippen LogP contribution is -2.36. The molecular formula is C25H19ClN2O6S. The molecule has 1 aliphatic rings. The number of thioether (sulfide) groups is 1. The number of furan rings is 1. The summed E-state index contributed by atoms with van der Waals surface area (Å²) in [5.74, 6) is -1.65. The highest BCUT2D eigenvalue weighted by molar-refractivity contribution is 8.18. The van der Waals surface area contributed by atoms with E-state index in [1.807, 2.05) is 26.0 Å². The molecule has 3 amide bonds. The summed E-state index contributed by atoms with van der Waals surface area (Å²) in [4.78, 5) is 49.8. The number of amides is 3. The molecule has 178 valence electrons. The Bertz CT molecular complexity index is 1410. The fourth-order valence-corrected chi connectivity index (χ4v) is 4.38. The molecule has 0 unspecified atom stereocenters. The number of hydrogen-bond donors (Lipinski definition) is 2. The summed E-state index contributed by atoms with van der Waals surface area (Å²) in [5, 5.41) is 11.6. The number of imide groups is 1. The third kappa shape index (κ3) is 5.31. The number of carboxylic acid groups (broad SMARTS) is 1. The Morgan fingerprint density at radius 1 is 1.09 bits per heavy atom. The van der Waals surface area contributed by atoms with Gasteiger partial charge >= 0.3 is 5.97 Å². The van der Waals surface area contributed by atoms with Gasteiger partial charge in [0.25, 0.3) is 11.1 Å². The Morgan fingerprint density at radius 2 is 1.86 bits per heavy atom. The van der Waals surface area contributed by atoms with Crippen LogP contribution in [0.15, 0.2) is 57.9 Å². The van der Waals surface area contributed by atoms with Crippen molar-refractivity contribution in [3.05, 3.63) is 80.9 Å². The van der Waals surface area contributed by atoms with Crippen LogP contribution in [0.25, 0.3) is 17.4 Å². The van der Waals surface area contributed by atoms with Crippen molar-refractivity contribution in [2.75, 3.05) is 11.9 Å². The van der Waals surface area contributed by atoms with E-state index in [9.17, 15) is 24.3 Å². The zero-order chi connectivity index (χ0) is 25.3. The summed E-state index contributed by atoms with van der Waals surface area (Å²) in [6.07, 6.45) is 1.39. The summed E-state index contributed by atoms with van der Waals surface area (Å²) in [5.41, 5.74) is 3.09. The topological polar surface area (TPSA) is 117 Å². The summed E-state index contributed by atoms with van der Waals surface area (Å²) in [7, 11) is 0. The number of halogens is 1. The Balaban J connectivity index is 1.48. The summed E-state index contributed by atoms with van der Waals surface area (Å²) in [6.45, 7) is 3.45. The van der Waals surface area contributed by atoms with E-state index in [-0.39, 0.29) is 16.2 Å². The normalized spacial score (nSPS) is 14.6. The van der Waals surface area contributed by atoms with Gasteiger partial charge in [-0.1, -0.05) is 17.7 Å². The molecule has 35 heavy (non-hydrogen) atoms. The SMILES string of the molecule is Cc1ccc(NC(=O)CN2C(=O)S/C(=C/c3ccc(-c4cc(C(=O)O)ccc4Cl)o3)C2=O)cc1C. The Hall–Kier alpha value is -3.82. The lowest BCUT2D eigenvalue weighted by Gasteiger charge is -2.13. The van der Waals surface area contributed by atoms with Crippen LogP contribution >= 0.6 is 23.4 Å². The summed E-state index contributed by atoms with van der Waals surface area (Å²) < 4.78 is 5.72.